The average molecular weight is 710 g/mol. The normalized spacial score (nSPS) is 15.5. The van der Waals surface area contributed by atoms with Crippen molar-refractivity contribution in [1.29, 1.82) is 0 Å². The minimum atomic E-state index is -0.561. The third-order valence-corrected chi connectivity index (χ3v) is 12.9. The van der Waals surface area contributed by atoms with Gasteiger partial charge in [-0.25, -0.2) is 0 Å². The van der Waals surface area contributed by atoms with Gasteiger partial charge in [0.05, 0.1) is 11.1 Å². The highest BCUT2D eigenvalue weighted by Gasteiger charge is 2.51. The van der Waals surface area contributed by atoms with E-state index in [1.165, 1.54) is 54.1 Å². The van der Waals surface area contributed by atoms with Crippen LogP contribution in [0.1, 0.15) is 27.8 Å². The van der Waals surface area contributed by atoms with Crippen molar-refractivity contribution in [2.45, 2.75) is 22.1 Å². The Morgan fingerprint density at radius 2 is 1.17 bits per heavy atom. The third kappa shape index (κ3) is 3.88. The van der Waals surface area contributed by atoms with Crippen molar-refractivity contribution in [2.75, 3.05) is 4.90 Å². The molecule has 12 rings (SSSR count). The van der Waals surface area contributed by atoms with Crippen LogP contribution in [-0.4, -0.2) is 0 Å². The van der Waals surface area contributed by atoms with Crippen LogP contribution < -0.4 is 4.90 Å². The quantitative estimate of drug-likeness (QED) is 0.183. The summed E-state index contributed by atoms with van der Waals surface area (Å²) in [5, 5.41) is 4.56. The highest BCUT2D eigenvalue weighted by atomic mass is 32.2. The maximum atomic E-state index is 6.71. The molecule has 1 aliphatic heterocycles. The zero-order valence-electron chi connectivity index (χ0n) is 29.3. The molecular weight excluding hydrogens is 679 g/mol. The van der Waals surface area contributed by atoms with E-state index in [1.807, 2.05) is 17.8 Å². The predicted octanol–water partition coefficient (Wildman–Crippen LogP) is 14.1. The summed E-state index contributed by atoms with van der Waals surface area (Å²) < 4.78 is 13.2. The van der Waals surface area contributed by atoms with Crippen LogP contribution >= 0.6 is 11.8 Å². The van der Waals surface area contributed by atoms with Gasteiger partial charge in [-0.1, -0.05) is 133 Å². The van der Waals surface area contributed by atoms with Gasteiger partial charge in [-0.05, 0) is 94.4 Å². The molecule has 0 amide bonds. The summed E-state index contributed by atoms with van der Waals surface area (Å²) in [6.45, 7) is 2.19. The topological polar surface area (TPSA) is 29.5 Å². The molecule has 0 saturated carbocycles. The second kappa shape index (κ2) is 11.0. The van der Waals surface area contributed by atoms with Crippen LogP contribution in [0.3, 0.4) is 0 Å². The molecule has 1 atom stereocenters. The minimum Gasteiger partial charge on any atom is -0.456 e. The molecule has 3 nitrogen and oxygen atoms in total. The van der Waals surface area contributed by atoms with Crippen molar-refractivity contribution in [1.82, 2.24) is 0 Å². The zero-order chi connectivity index (χ0) is 35.5. The minimum absolute atomic E-state index is 0.561. The molecule has 0 saturated heterocycles. The van der Waals surface area contributed by atoms with Crippen LogP contribution in [0.5, 0.6) is 0 Å². The van der Waals surface area contributed by atoms with Gasteiger partial charge in [-0.2, -0.15) is 0 Å². The van der Waals surface area contributed by atoms with Gasteiger partial charge < -0.3 is 13.7 Å². The van der Waals surface area contributed by atoms with Crippen molar-refractivity contribution in [3.8, 4) is 11.1 Å². The molecule has 3 heterocycles. The van der Waals surface area contributed by atoms with Gasteiger partial charge in [-0.3, -0.25) is 0 Å². The second-order valence-corrected chi connectivity index (χ2v) is 15.5. The zero-order valence-corrected chi connectivity index (χ0v) is 30.2. The number of furan rings is 2. The molecule has 2 aromatic heterocycles. The van der Waals surface area contributed by atoms with Crippen LogP contribution in [-0.2, 0) is 5.41 Å². The highest BCUT2D eigenvalue weighted by molar-refractivity contribution is 7.99. The molecule has 54 heavy (non-hydrogen) atoms. The fourth-order valence-electron chi connectivity index (χ4n) is 9.42. The van der Waals surface area contributed by atoms with Gasteiger partial charge in [0.1, 0.15) is 16.7 Å². The van der Waals surface area contributed by atoms with E-state index in [2.05, 4.69) is 176 Å². The van der Waals surface area contributed by atoms with E-state index in [0.29, 0.717) is 0 Å². The summed E-state index contributed by atoms with van der Waals surface area (Å²) in [5.41, 5.74) is 15.1. The third-order valence-electron chi connectivity index (χ3n) is 11.7. The van der Waals surface area contributed by atoms with Crippen LogP contribution in [0.25, 0.3) is 55.0 Å². The highest BCUT2D eigenvalue weighted by Crippen LogP contribution is 2.64. The first-order valence-electron chi connectivity index (χ1n) is 18.4. The van der Waals surface area contributed by atoms with Crippen molar-refractivity contribution in [2.24, 2.45) is 0 Å². The number of para-hydroxylation sites is 4. The molecule has 0 bridgehead atoms. The largest absolute Gasteiger partial charge is 0.456 e. The van der Waals surface area contributed by atoms with E-state index >= 15 is 0 Å². The molecule has 254 valence electrons. The summed E-state index contributed by atoms with van der Waals surface area (Å²) in [5.74, 6) is 0. The Morgan fingerprint density at radius 3 is 2.06 bits per heavy atom. The maximum Gasteiger partial charge on any atom is 0.159 e. The van der Waals surface area contributed by atoms with Crippen LogP contribution in [0.4, 0.5) is 17.1 Å². The number of anilines is 3. The Hall–Kier alpha value is -6.49. The van der Waals surface area contributed by atoms with Gasteiger partial charge in [0.15, 0.2) is 5.58 Å². The summed E-state index contributed by atoms with van der Waals surface area (Å²) in [7, 11) is 0. The number of benzene rings is 8. The summed E-state index contributed by atoms with van der Waals surface area (Å²) >= 11 is 1.87. The lowest BCUT2D eigenvalue weighted by molar-refractivity contribution is 0.666. The van der Waals surface area contributed by atoms with E-state index < -0.39 is 5.41 Å². The number of aryl methyl sites for hydroxylation is 1. The summed E-state index contributed by atoms with van der Waals surface area (Å²) in [6, 6.07) is 61.6. The standard InChI is InChI=1S/C50H31NO2S/c1-30-13-2-8-20-41(30)51(42-21-12-17-35-34-15-4-9-22-43(34)53-48(35)42)31-25-26-33-32-14-3-6-18-37(32)50(40(33)29-31)38-19-7-11-24-46(38)54-49-39(50)27-28-45-47(49)36-16-5-10-23-44(36)52-45/h2-29H,1H3. The fraction of sp³-hybridized carbons (Fsp3) is 0.0400. The Kier molecular flexibility index (Phi) is 6.12. The molecule has 8 aromatic carbocycles. The van der Waals surface area contributed by atoms with E-state index in [1.54, 1.807) is 0 Å². The molecule has 0 radical (unpaired) electrons. The van der Waals surface area contributed by atoms with Crippen LogP contribution in [0.2, 0.25) is 0 Å². The van der Waals surface area contributed by atoms with Gasteiger partial charge in [0, 0.05) is 42.7 Å². The molecule has 0 fully saturated rings. The molecule has 1 spiro atoms. The summed E-state index contributed by atoms with van der Waals surface area (Å²) in [6.07, 6.45) is 0. The Morgan fingerprint density at radius 1 is 0.481 bits per heavy atom. The molecule has 4 heteroatoms. The average Bonchev–Trinajstić information content (AvgIpc) is 3.88. The number of nitrogens with zero attached hydrogens (tertiary/aromatic N) is 1. The Bertz CT molecular complexity index is 3190. The molecule has 10 aromatic rings. The molecule has 1 aliphatic carbocycles. The lowest BCUT2D eigenvalue weighted by Crippen LogP contribution is -2.32. The first-order valence-corrected chi connectivity index (χ1v) is 19.2. The first kappa shape index (κ1) is 30.0. The van der Waals surface area contributed by atoms with Gasteiger partial charge in [0.2, 0.25) is 0 Å². The monoisotopic (exact) mass is 709 g/mol. The number of hydrogen-bond acceptors (Lipinski definition) is 4. The second-order valence-electron chi connectivity index (χ2n) is 14.4. The van der Waals surface area contributed by atoms with Gasteiger partial charge >= 0.3 is 0 Å². The van der Waals surface area contributed by atoms with E-state index in [9.17, 15) is 0 Å². The van der Waals surface area contributed by atoms with Gasteiger partial charge in [0.25, 0.3) is 0 Å². The molecular formula is C50H31NO2S. The molecule has 2 aliphatic rings. The first-order chi connectivity index (χ1) is 26.7. The maximum absolute atomic E-state index is 6.71. The molecule has 0 N–H and O–H groups in total. The van der Waals surface area contributed by atoms with Crippen LogP contribution in [0.15, 0.2) is 188 Å². The van der Waals surface area contributed by atoms with Gasteiger partial charge in [-0.15, -0.1) is 0 Å². The lowest BCUT2D eigenvalue weighted by Gasteiger charge is -2.40. The van der Waals surface area contributed by atoms with Crippen LogP contribution in [0, 0.1) is 6.92 Å². The fourth-order valence-corrected chi connectivity index (χ4v) is 10.8. The number of rotatable bonds is 3. The Labute approximate surface area is 316 Å². The van der Waals surface area contributed by atoms with Crippen molar-refractivity contribution < 1.29 is 8.83 Å². The summed E-state index contributed by atoms with van der Waals surface area (Å²) in [4.78, 5) is 4.92. The van der Waals surface area contributed by atoms with Crippen molar-refractivity contribution >= 4 is 72.7 Å². The number of hydrogen-bond donors (Lipinski definition) is 0. The molecule has 1 unspecified atom stereocenters. The van der Waals surface area contributed by atoms with E-state index in [-0.39, 0.29) is 0 Å². The SMILES string of the molecule is Cc1ccccc1N(c1ccc2c(c1)C1(c3ccccc3Sc3c1ccc1oc4ccccc4c31)c1ccccc1-2)c1cccc2c1oc1ccccc12. The predicted molar refractivity (Wildman–Crippen MR) is 222 cm³/mol. The Balaban J connectivity index is 1.19. The van der Waals surface area contributed by atoms with Crippen molar-refractivity contribution in [3.63, 3.8) is 0 Å². The lowest BCUT2D eigenvalue weighted by atomic mass is 9.67. The number of fused-ring (bicyclic) bond motifs is 16. The van der Waals surface area contributed by atoms with E-state index in [0.717, 1.165) is 55.6 Å². The van der Waals surface area contributed by atoms with E-state index in [4.69, 9.17) is 8.83 Å². The smallest absolute Gasteiger partial charge is 0.159 e. The van der Waals surface area contributed by atoms with Crippen molar-refractivity contribution in [3.05, 3.63) is 198 Å².